The van der Waals surface area contributed by atoms with Crippen LogP contribution in [0.15, 0.2) is 48.7 Å². The summed E-state index contributed by atoms with van der Waals surface area (Å²) in [6.45, 7) is 9.06. The van der Waals surface area contributed by atoms with Gasteiger partial charge in [-0.2, -0.15) is 0 Å². The average molecular weight is 389 g/mol. The van der Waals surface area contributed by atoms with Gasteiger partial charge in [0.05, 0.1) is 18.3 Å². The molecule has 1 aliphatic heterocycles. The van der Waals surface area contributed by atoms with Crippen molar-refractivity contribution in [3.8, 4) is 5.75 Å². The van der Waals surface area contributed by atoms with Crippen LogP contribution in [-0.2, 0) is 5.41 Å². The largest absolute Gasteiger partial charge is 0.493 e. The van der Waals surface area contributed by atoms with Crippen molar-refractivity contribution < 1.29 is 9.53 Å². The second-order valence-electron chi connectivity index (χ2n) is 8.61. The molecular formula is C24H27N3O2. The third-order valence-corrected chi connectivity index (χ3v) is 5.34. The standard InChI is InChI=1S/C24H27N3O2/c1-15-13-18-16(14-25-15)7-5-10-20(18)26-23(28)27-21-11-12-29-22-17(21)8-6-9-19(22)24(2,3)4/h5-10,13-14,21H,11-12H2,1-4H3,(H2,26,27,28)/t21-/m1/s1. The maximum absolute atomic E-state index is 12.8. The number of ether oxygens (including phenoxy) is 1. The Balaban J connectivity index is 1.58. The highest BCUT2D eigenvalue weighted by Gasteiger charge is 2.28. The minimum absolute atomic E-state index is 0.0235. The fourth-order valence-corrected chi connectivity index (χ4v) is 3.87. The summed E-state index contributed by atoms with van der Waals surface area (Å²) in [7, 11) is 0. The van der Waals surface area contributed by atoms with Crippen LogP contribution in [0.3, 0.4) is 0 Å². The van der Waals surface area contributed by atoms with Crippen LogP contribution >= 0.6 is 0 Å². The molecule has 0 radical (unpaired) electrons. The molecule has 150 valence electrons. The van der Waals surface area contributed by atoms with E-state index in [2.05, 4.69) is 42.5 Å². The van der Waals surface area contributed by atoms with Crippen LogP contribution in [0.5, 0.6) is 5.75 Å². The molecule has 0 saturated heterocycles. The summed E-state index contributed by atoms with van der Waals surface area (Å²) in [5.41, 5.74) is 3.88. The van der Waals surface area contributed by atoms with Crippen LogP contribution in [0.4, 0.5) is 10.5 Å². The molecule has 1 atom stereocenters. The molecule has 3 aromatic rings. The summed E-state index contributed by atoms with van der Waals surface area (Å²) in [5.74, 6) is 0.906. The maximum atomic E-state index is 12.8. The van der Waals surface area contributed by atoms with E-state index in [0.717, 1.165) is 39.9 Å². The Morgan fingerprint density at radius 3 is 2.76 bits per heavy atom. The zero-order valence-electron chi connectivity index (χ0n) is 17.4. The minimum Gasteiger partial charge on any atom is -0.493 e. The number of nitrogens with one attached hydrogen (secondary N) is 2. The quantitative estimate of drug-likeness (QED) is 0.609. The van der Waals surface area contributed by atoms with Gasteiger partial charge in [-0.05, 0) is 30.0 Å². The lowest BCUT2D eigenvalue weighted by Gasteiger charge is -2.31. The number of carbonyl (C=O) groups is 1. The number of aromatic nitrogens is 1. The Hall–Kier alpha value is -3.08. The van der Waals surface area contributed by atoms with Crippen molar-refractivity contribution in [3.05, 3.63) is 65.5 Å². The van der Waals surface area contributed by atoms with Gasteiger partial charge in [-0.1, -0.05) is 51.1 Å². The lowest BCUT2D eigenvalue weighted by molar-refractivity contribution is 0.230. The van der Waals surface area contributed by atoms with Gasteiger partial charge in [-0.15, -0.1) is 0 Å². The van der Waals surface area contributed by atoms with E-state index in [1.54, 1.807) is 0 Å². The zero-order chi connectivity index (χ0) is 20.6. The van der Waals surface area contributed by atoms with Crippen LogP contribution in [0.1, 0.15) is 50.1 Å². The number of rotatable bonds is 2. The van der Waals surface area contributed by atoms with Gasteiger partial charge in [0.1, 0.15) is 5.75 Å². The highest BCUT2D eigenvalue weighted by molar-refractivity contribution is 6.01. The summed E-state index contributed by atoms with van der Waals surface area (Å²) in [6, 6.07) is 13.7. The monoisotopic (exact) mass is 389 g/mol. The second-order valence-corrected chi connectivity index (χ2v) is 8.61. The molecule has 0 spiro atoms. The van der Waals surface area contributed by atoms with Gasteiger partial charge in [0, 0.05) is 34.6 Å². The van der Waals surface area contributed by atoms with E-state index in [1.165, 1.54) is 5.56 Å². The molecule has 0 saturated carbocycles. The van der Waals surface area contributed by atoms with Crippen LogP contribution < -0.4 is 15.4 Å². The first kappa shape index (κ1) is 19.2. The van der Waals surface area contributed by atoms with Crippen molar-refractivity contribution in [3.63, 3.8) is 0 Å². The summed E-state index contributed by atoms with van der Waals surface area (Å²) in [5, 5.41) is 8.14. The number of hydrogen-bond acceptors (Lipinski definition) is 3. The van der Waals surface area contributed by atoms with Crippen LogP contribution in [-0.4, -0.2) is 17.6 Å². The van der Waals surface area contributed by atoms with Gasteiger partial charge >= 0.3 is 6.03 Å². The van der Waals surface area contributed by atoms with E-state index in [-0.39, 0.29) is 17.5 Å². The molecule has 2 aromatic carbocycles. The highest BCUT2D eigenvalue weighted by atomic mass is 16.5. The molecule has 1 aliphatic rings. The van der Waals surface area contributed by atoms with Gasteiger partial charge in [0.25, 0.3) is 0 Å². The fourth-order valence-electron chi connectivity index (χ4n) is 3.87. The summed E-state index contributed by atoms with van der Waals surface area (Å²) < 4.78 is 6.00. The average Bonchev–Trinajstić information content (AvgIpc) is 2.67. The molecular weight excluding hydrogens is 362 g/mol. The maximum Gasteiger partial charge on any atom is 0.319 e. The molecule has 2 amide bonds. The third kappa shape index (κ3) is 3.90. The first-order valence-electron chi connectivity index (χ1n) is 10.0. The van der Waals surface area contributed by atoms with E-state index >= 15 is 0 Å². The Morgan fingerprint density at radius 2 is 1.97 bits per heavy atom. The molecule has 4 rings (SSSR count). The minimum atomic E-state index is -0.217. The highest BCUT2D eigenvalue weighted by Crippen LogP contribution is 2.40. The Bertz CT molecular complexity index is 1070. The first-order valence-corrected chi connectivity index (χ1v) is 10.0. The van der Waals surface area contributed by atoms with E-state index in [9.17, 15) is 4.79 Å². The predicted molar refractivity (Wildman–Crippen MR) is 117 cm³/mol. The van der Waals surface area contributed by atoms with Gasteiger partial charge in [-0.3, -0.25) is 4.98 Å². The van der Waals surface area contributed by atoms with Crippen molar-refractivity contribution in [2.75, 3.05) is 11.9 Å². The molecule has 5 nitrogen and oxygen atoms in total. The molecule has 0 bridgehead atoms. The Kier molecular flexibility index (Phi) is 4.91. The van der Waals surface area contributed by atoms with Gasteiger partial charge in [0.15, 0.2) is 0 Å². The number of benzene rings is 2. The number of anilines is 1. The van der Waals surface area contributed by atoms with Gasteiger partial charge in [-0.25, -0.2) is 4.79 Å². The number of nitrogens with zero attached hydrogens (tertiary/aromatic N) is 1. The third-order valence-electron chi connectivity index (χ3n) is 5.34. The number of fused-ring (bicyclic) bond motifs is 2. The lowest BCUT2D eigenvalue weighted by Crippen LogP contribution is -2.35. The molecule has 29 heavy (non-hydrogen) atoms. The van der Waals surface area contributed by atoms with Crippen molar-refractivity contribution in [1.29, 1.82) is 0 Å². The predicted octanol–water partition coefficient (Wildman–Crippen LogP) is 5.49. The molecule has 0 unspecified atom stereocenters. The number of carbonyl (C=O) groups excluding carboxylic acids is 1. The zero-order valence-corrected chi connectivity index (χ0v) is 17.4. The number of pyridine rings is 1. The summed E-state index contributed by atoms with van der Waals surface area (Å²) in [6.07, 6.45) is 2.57. The normalized spacial score (nSPS) is 16.1. The van der Waals surface area contributed by atoms with Crippen LogP contribution in [0.2, 0.25) is 0 Å². The van der Waals surface area contributed by atoms with Crippen molar-refractivity contribution >= 4 is 22.5 Å². The fraction of sp³-hybridized carbons (Fsp3) is 0.333. The van der Waals surface area contributed by atoms with E-state index in [1.807, 2.05) is 49.5 Å². The van der Waals surface area contributed by atoms with Gasteiger partial charge in [0.2, 0.25) is 0 Å². The molecule has 1 aromatic heterocycles. The van der Waals surface area contributed by atoms with E-state index < -0.39 is 0 Å². The Morgan fingerprint density at radius 1 is 1.17 bits per heavy atom. The lowest BCUT2D eigenvalue weighted by atomic mass is 9.83. The number of amides is 2. The molecule has 5 heteroatoms. The number of urea groups is 1. The molecule has 2 N–H and O–H groups in total. The number of para-hydroxylation sites is 1. The topological polar surface area (TPSA) is 63.2 Å². The molecule has 2 heterocycles. The first-order chi connectivity index (χ1) is 13.8. The van der Waals surface area contributed by atoms with E-state index in [0.29, 0.717) is 6.61 Å². The smallest absolute Gasteiger partial charge is 0.319 e. The van der Waals surface area contributed by atoms with Crippen molar-refractivity contribution in [2.24, 2.45) is 0 Å². The second kappa shape index (κ2) is 7.39. The number of hydrogen-bond donors (Lipinski definition) is 2. The van der Waals surface area contributed by atoms with Gasteiger partial charge < -0.3 is 15.4 Å². The molecule has 0 fully saturated rings. The van der Waals surface area contributed by atoms with Crippen LogP contribution in [0, 0.1) is 6.92 Å². The van der Waals surface area contributed by atoms with E-state index in [4.69, 9.17) is 4.74 Å². The SMILES string of the molecule is Cc1cc2c(NC(=O)N[C@@H]3CCOc4c3cccc4C(C)(C)C)cccc2cn1. The van der Waals surface area contributed by atoms with Crippen molar-refractivity contribution in [2.45, 2.75) is 45.6 Å². The van der Waals surface area contributed by atoms with Crippen molar-refractivity contribution in [1.82, 2.24) is 10.3 Å². The van der Waals surface area contributed by atoms with Crippen LogP contribution in [0.25, 0.3) is 10.8 Å². The summed E-state index contributed by atoms with van der Waals surface area (Å²) >= 11 is 0. The number of aryl methyl sites for hydroxylation is 1. The molecule has 0 aliphatic carbocycles. The summed E-state index contributed by atoms with van der Waals surface area (Å²) in [4.78, 5) is 17.2. The Labute approximate surface area is 171 Å².